The molecule has 1 aromatic carbocycles. The Bertz CT molecular complexity index is 338. The highest BCUT2D eigenvalue weighted by Gasteiger charge is 2.36. The summed E-state index contributed by atoms with van der Waals surface area (Å²) in [6, 6.07) is 8.73. The molecule has 0 spiro atoms. The zero-order chi connectivity index (χ0) is 11.6. The highest BCUT2D eigenvalue weighted by molar-refractivity contribution is 9.10. The second-order valence-electron chi connectivity index (χ2n) is 5.36. The van der Waals surface area contributed by atoms with Gasteiger partial charge >= 0.3 is 0 Å². The van der Waals surface area contributed by atoms with Crippen molar-refractivity contribution in [2.24, 2.45) is 5.92 Å². The number of benzene rings is 1. The van der Waals surface area contributed by atoms with E-state index < -0.39 is 0 Å². The van der Waals surface area contributed by atoms with Gasteiger partial charge in [0.05, 0.1) is 0 Å². The Morgan fingerprint density at radius 3 is 2.38 bits per heavy atom. The largest absolute Gasteiger partial charge is 0.311 e. The lowest BCUT2D eigenvalue weighted by Gasteiger charge is -2.45. The zero-order valence-electron chi connectivity index (χ0n) is 10.1. The van der Waals surface area contributed by atoms with Crippen molar-refractivity contribution >= 4 is 15.9 Å². The number of hydrogen-bond acceptors (Lipinski definition) is 1. The summed E-state index contributed by atoms with van der Waals surface area (Å²) in [5.74, 6) is 0.767. The molecule has 1 atom stereocenters. The van der Waals surface area contributed by atoms with Gasteiger partial charge < -0.3 is 5.32 Å². The summed E-state index contributed by atoms with van der Waals surface area (Å²) >= 11 is 3.48. The molecule has 2 heteroatoms. The molecule has 0 radical (unpaired) electrons. The van der Waals surface area contributed by atoms with Crippen LogP contribution in [0.25, 0.3) is 0 Å². The first-order chi connectivity index (χ1) is 7.60. The average Bonchev–Trinajstić information content (AvgIpc) is 2.17. The fourth-order valence-electron chi connectivity index (χ4n) is 2.65. The Labute approximate surface area is 107 Å². The topological polar surface area (TPSA) is 12.0 Å². The Balaban J connectivity index is 2.04. The van der Waals surface area contributed by atoms with Gasteiger partial charge in [0.25, 0.3) is 0 Å². The highest BCUT2D eigenvalue weighted by atomic mass is 79.9. The molecule has 0 amide bonds. The maximum absolute atomic E-state index is 3.64. The van der Waals surface area contributed by atoms with Gasteiger partial charge in [-0.15, -0.1) is 0 Å². The van der Waals surface area contributed by atoms with Gasteiger partial charge in [-0.05, 0) is 49.4 Å². The Morgan fingerprint density at radius 2 is 1.94 bits per heavy atom. The molecule has 0 bridgehead atoms. The average molecular weight is 282 g/mol. The van der Waals surface area contributed by atoms with E-state index in [1.54, 1.807) is 0 Å². The van der Waals surface area contributed by atoms with Crippen LogP contribution in [0.15, 0.2) is 28.7 Å². The van der Waals surface area contributed by atoms with Gasteiger partial charge in [-0.2, -0.15) is 0 Å². The van der Waals surface area contributed by atoms with E-state index in [0.717, 1.165) is 10.4 Å². The minimum atomic E-state index is 0.377. The van der Waals surface area contributed by atoms with E-state index in [2.05, 4.69) is 59.4 Å². The zero-order valence-corrected chi connectivity index (χ0v) is 11.7. The van der Waals surface area contributed by atoms with Crippen molar-refractivity contribution in [2.75, 3.05) is 6.54 Å². The van der Waals surface area contributed by atoms with E-state index in [1.807, 2.05) is 0 Å². The fraction of sp³-hybridized carbons (Fsp3) is 0.571. The third-order valence-corrected chi connectivity index (χ3v) is 3.89. The lowest BCUT2D eigenvalue weighted by molar-refractivity contribution is 0.168. The summed E-state index contributed by atoms with van der Waals surface area (Å²) in [6.45, 7) is 5.80. The van der Waals surface area contributed by atoms with Crippen LogP contribution in [-0.2, 0) is 6.42 Å². The fourth-order valence-corrected chi connectivity index (χ4v) is 2.91. The van der Waals surface area contributed by atoms with Crippen LogP contribution in [-0.4, -0.2) is 12.1 Å². The third-order valence-electron chi connectivity index (χ3n) is 3.36. The van der Waals surface area contributed by atoms with Crippen LogP contribution in [0.1, 0.15) is 32.3 Å². The molecule has 1 nitrogen and oxygen atoms in total. The molecule has 16 heavy (non-hydrogen) atoms. The molecule has 1 fully saturated rings. The number of halogens is 1. The molecule has 1 saturated heterocycles. The number of nitrogens with one attached hydrogen (secondary N) is 1. The van der Waals surface area contributed by atoms with Crippen molar-refractivity contribution in [3.63, 3.8) is 0 Å². The van der Waals surface area contributed by atoms with Crippen LogP contribution >= 0.6 is 15.9 Å². The maximum Gasteiger partial charge on any atom is 0.0236 e. The van der Waals surface area contributed by atoms with E-state index >= 15 is 0 Å². The van der Waals surface area contributed by atoms with Crippen molar-refractivity contribution < 1.29 is 0 Å². The van der Waals surface area contributed by atoms with Crippen LogP contribution in [0, 0.1) is 5.92 Å². The summed E-state index contributed by atoms with van der Waals surface area (Å²) in [7, 11) is 0. The first-order valence-corrected chi connectivity index (χ1v) is 6.88. The van der Waals surface area contributed by atoms with Gasteiger partial charge in [0.1, 0.15) is 0 Å². The van der Waals surface area contributed by atoms with Crippen molar-refractivity contribution in [3.8, 4) is 0 Å². The monoisotopic (exact) mass is 281 g/mol. The highest BCUT2D eigenvalue weighted by Crippen LogP contribution is 2.31. The maximum atomic E-state index is 3.64. The van der Waals surface area contributed by atoms with Gasteiger partial charge in [0.15, 0.2) is 0 Å². The standard InChI is InChI=1S/C14H20BrN/c1-11(2)9-14(7-8-16-14)10-12-3-5-13(15)6-4-12/h3-6,11,16H,7-10H2,1-2H3. The lowest BCUT2D eigenvalue weighted by atomic mass is 9.76. The predicted molar refractivity (Wildman–Crippen MR) is 72.7 cm³/mol. The third kappa shape index (κ3) is 2.86. The molecule has 1 aliphatic heterocycles. The summed E-state index contributed by atoms with van der Waals surface area (Å²) in [4.78, 5) is 0. The molecule has 1 heterocycles. The van der Waals surface area contributed by atoms with Crippen LogP contribution in [0.2, 0.25) is 0 Å². The molecule has 1 unspecified atom stereocenters. The van der Waals surface area contributed by atoms with Gasteiger partial charge in [-0.3, -0.25) is 0 Å². The Kier molecular flexibility index (Phi) is 3.70. The molecule has 0 aliphatic carbocycles. The minimum Gasteiger partial charge on any atom is -0.311 e. The van der Waals surface area contributed by atoms with Crippen LogP contribution in [0.4, 0.5) is 0 Å². The van der Waals surface area contributed by atoms with Crippen molar-refractivity contribution in [3.05, 3.63) is 34.3 Å². The van der Waals surface area contributed by atoms with Crippen LogP contribution in [0.5, 0.6) is 0 Å². The van der Waals surface area contributed by atoms with E-state index in [4.69, 9.17) is 0 Å². The molecular formula is C14H20BrN. The van der Waals surface area contributed by atoms with Gasteiger partial charge in [-0.1, -0.05) is 41.9 Å². The molecular weight excluding hydrogens is 262 g/mol. The second kappa shape index (κ2) is 4.89. The SMILES string of the molecule is CC(C)CC1(Cc2ccc(Br)cc2)CCN1. The smallest absolute Gasteiger partial charge is 0.0236 e. The normalized spacial score (nSPS) is 24.5. The van der Waals surface area contributed by atoms with Gasteiger partial charge in [0.2, 0.25) is 0 Å². The molecule has 0 saturated carbocycles. The molecule has 0 aromatic heterocycles. The summed E-state index contributed by atoms with van der Waals surface area (Å²) in [5.41, 5.74) is 1.82. The van der Waals surface area contributed by atoms with E-state index in [1.165, 1.54) is 31.4 Å². The van der Waals surface area contributed by atoms with E-state index in [9.17, 15) is 0 Å². The van der Waals surface area contributed by atoms with Gasteiger partial charge in [-0.25, -0.2) is 0 Å². The van der Waals surface area contributed by atoms with E-state index in [-0.39, 0.29) is 0 Å². The summed E-state index contributed by atoms with van der Waals surface area (Å²) in [5, 5.41) is 3.64. The van der Waals surface area contributed by atoms with Crippen molar-refractivity contribution in [1.29, 1.82) is 0 Å². The molecule has 1 aliphatic rings. The first-order valence-electron chi connectivity index (χ1n) is 6.09. The number of rotatable bonds is 4. The van der Waals surface area contributed by atoms with E-state index in [0.29, 0.717) is 5.54 Å². The van der Waals surface area contributed by atoms with Crippen LogP contribution in [0.3, 0.4) is 0 Å². The number of hydrogen-bond donors (Lipinski definition) is 1. The predicted octanol–water partition coefficient (Wildman–Crippen LogP) is 3.77. The quantitative estimate of drug-likeness (QED) is 0.886. The molecule has 1 N–H and O–H groups in total. The molecule has 88 valence electrons. The molecule has 1 aromatic rings. The van der Waals surface area contributed by atoms with Crippen molar-refractivity contribution in [1.82, 2.24) is 5.32 Å². The van der Waals surface area contributed by atoms with Gasteiger partial charge in [0, 0.05) is 10.0 Å². The lowest BCUT2D eigenvalue weighted by Crippen LogP contribution is -2.59. The minimum absolute atomic E-state index is 0.377. The molecule has 2 rings (SSSR count). The second-order valence-corrected chi connectivity index (χ2v) is 6.27. The summed E-state index contributed by atoms with van der Waals surface area (Å²) in [6.07, 6.45) is 3.77. The van der Waals surface area contributed by atoms with Crippen LogP contribution < -0.4 is 5.32 Å². The Morgan fingerprint density at radius 1 is 1.31 bits per heavy atom. The summed E-state index contributed by atoms with van der Waals surface area (Å²) < 4.78 is 1.16. The van der Waals surface area contributed by atoms with Crippen molar-refractivity contribution in [2.45, 2.75) is 38.6 Å². The first kappa shape index (κ1) is 12.1. The Hall–Kier alpha value is -0.340.